The molecule has 38 heavy (non-hydrogen) atoms. The second-order valence-corrected chi connectivity index (χ2v) is 10.1. The maximum Gasteiger partial charge on any atom is 0.343 e. The quantitative estimate of drug-likeness (QED) is 0.328. The number of esters is 1. The molecule has 5 rings (SSSR count). The number of hydrogen-bond donors (Lipinski definition) is 0. The van der Waals surface area contributed by atoms with Gasteiger partial charge in [-0.2, -0.15) is 5.10 Å². The summed E-state index contributed by atoms with van der Waals surface area (Å²) < 4.78 is 8.60. The third-order valence-electron chi connectivity index (χ3n) is 7.05. The highest BCUT2D eigenvalue weighted by Crippen LogP contribution is 2.33. The zero-order chi connectivity index (χ0) is 26.8. The molecule has 4 aromatic heterocycles. The van der Waals surface area contributed by atoms with Crippen LogP contribution in [0.3, 0.4) is 0 Å². The van der Waals surface area contributed by atoms with E-state index in [0.29, 0.717) is 28.8 Å². The van der Waals surface area contributed by atoms with E-state index >= 15 is 0 Å². The molecule has 1 aliphatic rings. The summed E-state index contributed by atoms with van der Waals surface area (Å²) in [6.45, 7) is 8.10. The first-order valence-electron chi connectivity index (χ1n) is 13.2. The van der Waals surface area contributed by atoms with Crippen LogP contribution in [0.1, 0.15) is 63.7 Å². The molecule has 1 fully saturated rings. The molecule has 1 aliphatic carbocycles. The average molecular weight is 516 g/mol. The third kappa shape index (κ3) is 5.03. The Morgan fingerprint density at radius 3 is 2.55 bits per heavy atom. The van der Waals surface area contributed by atoms with Crippen molar-refractivity contribution in [2.24, 2.45) is 11.8 Å². The van der Waals surface area contributed by atoms with E-state index in [2.05, 4.69) is 22.0 Å². The smallest absolute Gasteiger partial charge is 0.343 e. The zero-order valence-electron chi connectivity index (χ0n) is 22.2. The lowest BCUT2D eigenvalue weighted by molar-refractivity contribution is -0.124. The van der Waals surface area contributed by atoms with Crippen LogP contribution in [0, 0.1) is 11.8 Å². The standard InChI is InChI=1S/C28H33N7O3/c1-5-38-28(37)22-17-34(32-26(22)35(18(2)3)27(36)20-9-7-19(4)8-10-20)21-11-12-23(30-16-21)24-15-25-29-13-6-14-33(25)31-24/h6,11-20H,5,7-10H2,1-4H3. The highest BCUT2D eigenvalue weighted by atomic mass is 16.5. The molecular formula is C28H33N7O3. The molecule has 4 aromatic rings. The predicted octanol–water partition coefficient (Wildman–Crippen LogP) is 4.72. The van der Waals surface area contributed by atoms with Crippen LogP contribution < -0.4 is 4.90 Å². The lowest BCUT2D eigenvalue weighted by atomic mass is 9.82. The normalized spacial score (nSPS) is 17.6. The molecule has 0 unspecified atom stereocenters. The Kier molecular flexibility index (Phi) is 7.22. The molecule has 0 atom stereocenters. The molecule has 0 bridgehead atoms. The number of anilines is 1. The molecule has 198 valence electrons. The first kappa shape index (κ1) is 25.6. The summed E-state index contributed by atoms with van der Waals surface area (Å²) in [5.41, 5.74) is 3.02. The van der Waals surface area contributed by atoms with E-state index in [9.17, 15) is 9.59 Å². The number of rotatable bonds is 7. The number of carbonyl (C=O) groups is 2. The molecule has 10 nitrogen and oxygen atoms in total. The van der Waals surface area contributed by atoms with Crippen molar-refractivity contribution in [3.05, 3.63) is 54.6 Å². The molecule has 0 spiro atoms. The molecule has 0 N–H and O–H groups in total. The predicted molar refractivity (Wildman–Crippen MR) is 143 cm³/mol. The number of carbonyl (C=O) groups excluding carboxylic acids is 2. The van der Waals surface area contributed by atoms with Gasteiger partial charge in [0, 0.05) is 36.6 Å². The molecule has 0 radical (unpaired) electrons. The number of amides is 1. The summed E-state index contributed by atoms with van der Waals surface area (Å²) in [5.74, 6) is 0.378. The lowest BCUT2D eigenvalue weighted by Crippen LogP contribution is -2.43. The van der Waals surface area contributed by atoms with Gasteiger partial charge in [-0.1, -0.05) is 6.92 Å². The number of ether oxygens (including phenoxy) is 1. The van der Waals surface area contributed by atoms with Crippen molar-refractivity contribution in [1.29, 1.82) is 0 Å². The molecule has 1 saturated carbocycles. The van der Waals surface area contributed by atoms with Crippen molar-refractivity contribution >= 4 is 23.3 Å². The van der Waals surface area contributed by atoms with Gasteiger partial charge in [0.1, 0.15) is 11.3 Å². The minimum Gasteiger partial charge on any atom is -0.462 e. The van der Waals surface area contributed by atoms with Gasteiger partial charge in [0.2, 0.25) is 5.91 Å². The van der Waals surface area contributed by atoms with Crippen molar-refractivity contribution in [1.82, 2.24) is 29.4 Å². The van der Waals surface area contributed by atoms with Gasteiger partial charge >= 0.3 is 5.97 Å². The van der Waals surface area contributed by atoms with Crippen LogP contribution >= 0.6 is 0 Å². The summed E-state index contributed by atoms with van der Waals surface area (Å²) in [5, 5.41) is 9.25. The number of pyridine rings is 1. The highest BCUT2D eigenvalue weighted by molar-refractivity contribution is 6.02. The Bertz CT molecular complexity index is 1400. The maximum absolute atomic E-state index is 13.7. The van der Waals surface area contributed by atoms with Gasteiger partial charge in [-0.3, -0.25) is 14.7 Å². The fraction of sp³-hybridized carbons (Fsp3) is 0.429. The minimum absolute atomic E-state index is 0.0108. The van der Waals surface area contributed by atoms with Crippen LogP contribution in [0.5, 0.6) is 0 Å². The fourth-order valence-corrected chi connectivity index (χ4v) is 4.96. The molecular weight excluding hydrogens is 482 g/mol. The van der Waals surface area contributed by atoms with Crippen molar-refractivity contribution in [3.63, 3.8) is 0 Å². The largest absolute Gasteiger partial charge is 0.462 e. The van der Waals surface area contributed by atoms with Gasteiger partial charge in [0.05, 0.1) is 24.2 Å². The molecule has 1 amide bonds. The van der Waals surface area contributed by atoms with Crippen LogP contribution in [-0.2, 0) is 9.53 Å². The van der Waals surface area contributed by atoms with Gasteiger partial charge in [0.15, 0.2) is 11.5 Å². The minimum atomic E-state index is -0.508. The lowest BCUT2D eigenvalue weighted by Gasteiger charge is -2.32. The van der Waals surface area contributed by atoms with Gasteiger partial charge in [-0.05, 0) is 70.6 Å². The van der Waals surface area contributed by atoms with E-state index in [4.69, 9.17) is 9.84 Å². The van der Waals surface area contributed by atoms with Crippen LogP contribution in [0.2, 0.25) is 0 Å². The first-order chi connectivity index (χ1) is 18.4. The van der Waals surface area contributed by atoms with Gasteiger partial charge < -0.3 is 4.74 Å². The molecule has 4 heterocycles. The van der Waals surface area contributed by atoms with Crippen LogP contribution in [-0.4, -0.2) is 53.9 Å². The fourth-order valence-electron chi connectivity index (χ4n) is 4.96. The molecule has 0 aromatic carbocycles. The van der Waals surface area contributed by atoms with Gasteiger partial charge in [-0.15, -0.1) is 5.10 Å². The summed E-state index contributed by atoms with van der Waals surface area (Å²) >= 11 is 0. The monoisotopic (exact) mass is 515 g/mol. The zero-order valence-corrected chi connectivity index (χ0v) is 22.2. The maximum atomic E-state index is 13.7. The Morgan fingerprint density at radius 1 is 1.11 bits per heavy atom. The Balaban J connectivity index is 1.48. The molecule has 0 saturated heterocycles. The van der Waals surface area contributed by atoms with Crippen molar-refractivity contribution in [2.45, 2.75) is 59.4 Å². The van der Waals surface area contributed by atoms with Gasteiger partial charge in [0.25, 0.3) is 0 Å². The van der Waals surface area contributed by atoms with E-state index < -0.39 is 5.97 Å². The van der Waals surface area contributed by atoms with Crippen LogP contribution in [0.25, 0.3) is 22.7 Å². The van der Waals surface area contributed by atoms with E-state index in [1.54, 1.807) is 39.6 Å². The number of aromatic nitrogens is 6. The van der Waals surface area contributed by atoms with Crippen molar-refractivity contribution < 1.29 is 14.3 Å². The van der Waals surface area contributed by atoms with E-state index in [-0.39, 0.29) is 30.0 Å². The SMILES string of the molecule is CCOC(=O)c1cn(-c2ccc(-c3cc4ncccn4n3)nc2)nc1N(C(=O)C1CCC(C)CC1)C(C)C. The second-order valence-electron chi connectivity index (χ2n) is 10.1. The van der Waals surface area contributed by atoms with Crippen LogP contribution in [0.4, 0.5) is 5.82 Å². The van der Waals surface area contributed by atoms with E-state index in [1.165, 1.54) is 0 Å². The first-order valence-corrected chi connectivity index (χ1v) is 13.2. The Hall–Kier alpha value is -4.08. The Labute approximate surface area is 221 Å². The topological polar surface area (TPSA) is 108 Å². The molecule has 0 aliphatic heterocycles. The van der Waals surface area contributed by atoms with Crippen LogP contribution in [0.15, 0.2) is 49.1 Å². The van der Waals surface area contributed by atoms with Gasteiger partial charge in [-0.25, -0.2) is 19.0 Å². The number of fused-ring (bicyclic) bond motifs is 1. The summed E-state index contributed by atoms with van der Waals surface area (Å²) in [6, 6.07) is 7.21. The number of nitrogens with zero attached hydrogens (tertiary/aromatic N) is 7. The molecule has 10 heteroatoms. The third-order valence-corrected chi connectivity index (χ3v) is 7.05. The van der Waals surface area contributed by atoms with E-state index in [0.717, 1.165) is 31.3 Å². The average Bonchev–Trinajstić information content (AvgIpc) is 3.54. The van der Waals surface area contributed by atoms with Crippen molar-refractivity contribution in [3.8, 4) is 17.1 Å². The summed E-state index contributed by atoms with van der Waals surface area (Å²) in [6.07, 6.45) is 10.6. The number of hydrogen-bond acceptors (Lipinski definition) is 7. The summed E-state index contributed by atoms with van der Waals surface area (Å²) in [4.78, 5) is 37.2. The highest BCUT2D eigenvalue weighted by Gasteiger charge is 2.34. The summed E-state index contributed by atoms with van der Waals surface area (Å²) in [7, 11) is 0. The second kappa shape index (κ2) is 10.7. The van der Waals surface area contributed by atoms with Crippen molar-refractivity contribution in [2.75, 3.05) is 11.5 Å². The van der Waals surface area contributed by atoms with E-state index in [1.807, 2.05) is 44.3 Å². The Morgan fingerprint density at radius 2 is 1.89 bits per heavy atom.